The van der Waals surface area contributed by atoms with E-state index in [1.54, 1.807) is 6.07 Å². The van der Waals surface area contributed by atoms with Gasteiger partial charge in [-0.3, -0.25) is 0 Å². The van der Waals surface area contributed by atoms with Crippen LogP contribution in [0.5, 0.6) is 5.75 Å². The first-order chi connectivity index (χ1) is 6.02. The van der Waals surface area contributed by atoms with Gasteiger partial charge in [0.1, 0.15) is 5.75 Å². The maximum Gasteiger partial charge on any atom is 0.119 e. The number of hydrogen-bond donors (Lipinski definition) is 1. The van der Waals surface area contributed by atoms with E-state index < -0.39 is 0 Å². The molecule has 1 N–H and O–H groups in total. The molecule has 1 rings (SSSR count). The summed E-state index contributed by atoms with van der Waals surface area (Å²) < 4.78 is 0. The maximum absolute atomic E-state index is 9.62. The molecule has 0 fully saturated rings. The molecule has 0 unspecified atom stereocenters. The van der Waals surface area contributed by atoms with Crippen LogP contribution in [0.3, 0.4) is 0 Å². The topological polar surface area (TPSA) is 20.2 Å². The Hall–Kier alpha value is -1.24. The van der Waals surface area contributed by atoms with Crippen LogP contribution in [-0.2, 0) is 6.42 Å². The molecule has 1 heteroatoms. The van der Waals surface area contributed by atoms with Gasteiger partial charge in [0.25, 0.3) is 0 Å². The summed E-state index contributed by atoms with van der Waals surface area (Å²) in [5.41, 5.74) is 4.47. The second-order valence-corrected chi connectivity index (χ2v) is 3.64. The van der Waals surface area contributed by atoms with Crippen LogP contribution in [0.1, 0.15) is 23.6 Å². The molecule has 0 spiro atoms. The number of hydrogen-bond acceptors (Lipinski definition) is 1. The van der Waals surface area contributed by atoms with Crippen LogP contribution in [0.2, 0.25) is 0 Å². The Balaban J connectivity index is 3.17. The zero-order valence-corrected chi connectivity index (χ0v) is 8.52. The fourth-order valence-corrected chi connectivity index (χ4v) is 1.38. The lowest BCUT2D eigenvalue weighted by atomic mass is 9.97. The van der Waals surface area contributed by atoms with E-state index in [0.29, 0.717) is 5.75 Å². The minimum Gasteiger partial charge on any atom is -0.508 e. The lowest BCUT2D eigenvalue weighted by Gasteiger charge is -2.10. The van der Waals surface area contributed by atoms with Gasteiger partial charge < -0.3 is 5.11 Å². The standard InChI is InChI=1S/C12H16O/c1-8(2)7-11-10(4)9(3)5-6-12(11)13/h5-6,13H,1,7H2,2-4H3. The van der Waals surface area contributed by atoms with E-state index in [9.17, 15) is 5.11 Å². The number of phenolic OH excluding ortho intramolecular Hbond substituents is 1. The zero-order valence-electron chi connectivity index (χ0n) is 8.52. The normalized spacial score (nSPS) is 10.1. The van der Waals surface area contributed by atoms with Crippen molar-refractivity contribution < 1.29 is 5.11 Å². The van der Waals surface area contributed by atoms with Crippen molar-refractivity contribution in [2.75, 3.05) is 0 Å². The molecule has 0 heterocycles. The van der Waals surface area contributed by atoms with Crippen LogP contribution < -0.4 is 0 Å². The molecule has 0 radical (unpaired) electrons. The summed E-state index contributed by atoms with van der Waals surface area (Å²) >= 11 is 0. The second-order valence-electron chi connectivity index (χ2n) is 3.64. The van der Waals surface area contributed by atoms with Gasteiger partial charge in [0, 0.05) is 5.56 Å². The average Bonchev–Trinajstić information content (AvgIpc) is 2.05. The van der Waals surface area contributed by atoms with Crippen molar-refractivity contribution >= 4 is 0 Å². The van der Waals surface area contributed by atoms with Crippen LogP contribution in [0.4, 0.5) is 0 Å². The molecule has 1 aromatic carbocycles. The van der Waals surface area contributed by atoms with Gasteiger partial charge in [0.2, 0.25) is 0 Å². The smallest absolute Gasteiger partial charge is 0.119 e. The average molecular weight is 176 g/mol. The van der Waals surface area contributed by atoms with Crippen molar-refractivity contribution in [3.8, 4) is 5.75 Å². The molecule has 0 bridgehead atoms. The van der Waals surface area contributed by atoms with Crippen molar-refractivity contribution in [3.05, 3.63) is 41.0 Å². The first-order valence-electron chi connectivity index (χ1n) is 4.44. The zero-order chi connectivity index (χ0) is 10.0. The minimum absolute atomic E-state index is 0.381. The second kappa shape index (κ2) is 3.65. The van der Waals surface area contributed by atoms with Crippen molar-refractivity contribution in [1.82, 2.24) is 0 Å². The number of allylic oxidation sites excluding steroid dienone is 1. The Kier molecular flexibility index (Phi) is 2.76. The number of rotatable bonds is 2. The molecule has 70 valence electrons. The molecule has 0 aliphatic heterocycles. The molecule has 0 saturated carbocycles. The highest BCUT2D eigenvalue weighted by Gasteiger charge is 2.06. The van der Waals surface area contributed by atoms with E-state index in [1.165, 1.54) is 11.1 Å². The summed E-state index contributed by atoms with van der Waals surface area (Å²) in [7, 11) is 0. The lowest BCUT2D eigenvalue weighted by molar-refractivity contribution is 0.468. The van der Waals surface area contributed by atoms with Gasteiger partial charge >= 0.3 is 0 Å². The lowest BCUT2D eigenvalue weighted by Crippen LogP contribution is -1.93. The van der Waals surface area contributed by atoms with Gasteiger partial charge in [-0.1, -0.05) is 18.2 Å². The quantitative estimate of drug-likeness (QED) is 0.686. The van der Waals surface area contributed by atoms with Crippen LogP contribution in [0, 0.1) is 13.8 Å². The number of benzene rings is 1. The fraction of sp³-hybridized carbons (Fsp3) is 0.333. The SMILES string of the molecule is C=C(C)Cc1c(O)ccc(C)c1C. The third-order valence-corrected chi connectivity index (χ3v) is 2.32. The Bertz CT molecular complexity index is 337. The number of phenols is 1. The van der Waals surface area contributed by atoms with Crippen molar-refractivity contribution in [2.24, 2.45) is 0 Å². The Morgan fingerprint density at radius 2 is 2.00 bits per heavy atom. The summed E-state index contributed by atoms with van der Waals surface area (Å²) in [5, 5.41) is 9.62. The van der Waals surface area contributed by atoms with Crippen LogP contribution in [0.25, 0.3) is 0 Å². The summed E-state index contributed by atoms with van der Waals surface area (Å²) in [6.45, 7) is 9.91. The van der Waals surface area contributed by atoms with E-state index in [4.69, 9.17) is 0 Å². The van der Waals surface area contributed by atoms with Gasteiger partial charge in [-0.05, 0) is 44.4 Å². The molecule has 0 aliphatic carbocycles. The fourth-order valence-electron chi connectivity index (χ4n) is 1.38. The molecule has 1 nitrogen and oxygen atoms in total. The van der Waals surface area contributed by atoms with Gasteiger partial charge in [0.15, 0.2) is 0 Å². The summed E-state index contributed by atoms with van der Waals surface area (Å²) in [4.78, 5) is 0. The molecular weight excluding hydrogens is 160 g/mol. The van der Waals surface area contributed by atoms with Gasteiger partial charge in [-0.15, -0.1) is 0 Å². The van der Waals surface area contributed by atoms with Crippen LogP contribution in [-0.4, -0.2) is 5.11 Å². The molecule has 1 aromatic rings. The van der Waals surface area contributed by atoms with E-state index >= 15 is 0 Å². The molecule has 0 amide bonds. The maximum atomic E-state index is 9.62. The number of aromatic hydroxyl groups is 1. The third-order valence-electron chi connectivity index (χ3n) is 2.32. The Morgan fingerprint density at radius 3 is 2.54 bits per heavy atom. The highest BCUT2D eigenvalue weighted by Crippen LogP contribution is 2.25. The summed E-state index contributed by atoms with van der Waals surface area (Å²) in [5.74, 6) is 0.381. The van der Waals surface area contributed by atoms with Crippen LogP contribution >= 0.6 is 0 Å². The van der Waals surface area contributed by atoms with E-state index in [2.05, 4.69) is 13.5 Å². The highest BCUT2D eigenvalue weighted by atomic mass is 16.3. The first-order valence-corrected chi connectivity index (χ1v) is 4.44. The molecule has 0 atom stereocenters. The van der Waals surface area contributed by atoms with E-state index in [0.717, 1.165) is 17.6 Å². The molecular formula is C12H16O. The molecule has 13 heavy (non-hydrogen) atoms. The highest BCUT2D eigenvalue weighted by molar-refractivity contribution is 5.44. The van der Waals surface area contributed by atoms with Crippen molar-refractivity contribution in [3.63, 3.8) is 0 Å². The minimum atomic E-state index is 0.381. The van der Waals surface area contributed by atoms with Crippen molar-refractivity contribution in [2.45, 2.75) is 27.2 Å². The van der Waals surface area contributed by atoms with Crippen LogP contribution in [0.15, 0.2) is 24.3 Å². The van der Waals surface area contributed by atoms with E-state index in [1.807, 2.05) is 19.9 Å². The van der Waals surface area contributed by atoms with Gasteiger partial charge in [-0.25, -0.2) is 0 Å². The Labute approximate surface area is 79.7 Å². The van der Waals surface area contributed by atoms with E-state index in [-0.39, 0.29) is 0 Å². The summed E-state index contributed by atoms with van der Waals surface area (Å²) in [6.07, 6.45) is 0.763. The molecule has 0 aliphatic rings. The van der Waals surface area contributed by atoms with Gasteiger partial charge in [0.05, 0.1) is 0 Å². The Morgan fingerprint density at radius 1 is 1.38 bits per heavy atom. The largest absolute Gasteiger partial charge is 0.508 e. The molecule has 0 saturated heterocycles. The predicted octanol–water partition coefficient (Wildman–Crippen LogP) is 3.13. The van der Waals surface area contributed by atoms with Gasteiger partial charge in [-0.2, -0.15) is 0 Å². The molecule has 0 aromatic heterocycles. The first kappa shape index (κ1) is 9.85. The van der Waals surface area contributed by atoms with Crippen molar-refractivity contribution in [1.29, 1.82) is 0 Å². The third kappa shape index (κ3) is 2.11. The number of aryl methyl sites for hydroxylation is 1. The monoisotopic (exact) mass is 176 g/mol. The predicted molar refractivity (Wildman–Crippen MR) is 56.1 cm³/mol. The summed E-state index contributed by atoms with van der Waals surface area (Å²) in [6, 6.07) is 3.69.